The van der Waals surface area contributed by atoms with Gasteiger partial charge in [-0.3, -0.25) is 9.55 Å². The molecule has 2 aromatic carbocycles. The van der Waals surface area contributed by atoms with Crippen molar-refractivity contribution in [2.45, 2.75) is 13.1 Å². The summed E-state index contributed by atoms with van der Waals surface area (Å²) in [6.45, 7) is 2.19. The highest BCUT2D eigenvalue weighted by Crippen LogP contribution is 2.32. The van der Waals surface area contributed by atoms with E-state index in [-0.39, 0.29) is 6.17 Å². The van der Waals surface area contributed by atoms with Gasteiger partial charge in [0.15, 0.2) is 6.20 Å². The van der Waals surface area contributed by atoms with Gasteiger partial charge in [-0.25, -0.2) is 4.98 Å². The summed E-state index contributed by atoms with van der Waals surface area (Å²) in [6, 6.07) is 12.8. The Bertz CT molecular complexity index is 1020. The van der Waals surface area contributed by atoms with E-state index in [1.54, 1.807) is 0 Å². The van der Waals surface area contributed by atoms with E-state index in [4.69, 9.17) is 4.98 Å². The molecule has 0 N–H and O–H groups in total. The van der Waals surface area contributed by atoms with Crippen LogP contribution in [0.3, 0.4) is 0 Å². The summed E-state index contributed by atoms with van der Waals surface area (Å²) in [4.78, 5) is 9.08. The van der Waals surface area contributed by atoms with Crippen molar-refractivity contribution in [2.75, 3.05) is 0 Å². The number of nitrogens with zero attached hydrogens (tertiary/aromatic N) is 4. The fraction of sp³-hybridized carbons (Fsp3) is 0.118. The molecule has 0 aliphatic carbocycles. The van der Waals surface area contributed by atoms with Crippen molar-refractivity contribution in [1.29, 1.82) is 0 Å². The third kappa shape index (κ3) is 1.31. The van der Waals surface area contributed by atoms with Crippen LogP contribution in [0.4, 0.5) is 0 Å². The van der Waals surface area contributed by atoms with Crippen LogP contribution in [-0.4, -0.2) is 14.5 Å². The van der Waals surface area contributed by atoms with Crippen LogP contribution in [0.25, 0.3) is 33.3 Å². The SMILES string of the molecule is CC1n2c(nc3cc4ccccc4cc32)-c2cncc[n+]21. The number of fused-ring (bicyclic) bond motifs is 6. The third-order valence-electron chi connectivity index (χ3n) is 4.35. The van der Waals surface area contributed by atoms with E-state index in [1.807, 2.05) is 18.6 Å². The topological polar surface area (TPSA) is 34.6 Å². The average molecular weight is 273 g/mol. The molecule has 4 heteroatoms. The van der Waals surface area contributed by atoms with Gasteiger partial charge in [-0.05, 0) is 22.9 Å². The molecule has 0 radical (unpaired) electrons. The molecule has 0 spiro atoms. The van der Waals surface area contributed by atoms with Crippen LogP contribution in [0.5, 0.6) is 0 Å². The van der Waals surface area contributed by atoms with Crippen molar-refractivity contribution in [1.82, 2.24) is 14.5 Å². The lowest BCUT2D eigenvalue weighted by atomic mass is 10.1. The third-order valence-corrected chi connectivity index (χ3v) is 4.35. The maximum Gasteiger partial charge on any atom is 0.269 e. The number of hydrogen-bond donors (Lipinski definition) is 0. The summed E-state index contributed by atoms with van der Waals surface area (Å²) in [5.74, 6) is 1.00. The number of imidazole rings is 1. The smallest absolute Gasteiger partial charge is 0.259 e. The van der Waals surface area contributed by atoms with E-state index in [1.165, 1.54) is 16.3 Å². The van der Waals surface area contributed by atoms with Gasteiger partial charge >= 0.3 is 0 Å². The standard InChI is InChI=1S/C17H13N4/c1-11-20-7-6-18-10-16(20)17-19-14-8-12-4-2-3-5-13(12)9-15(14)21(11)17/h2-11H,1H3/q+1. The fourth-order valence-corrected chi connectivity index (χ4v) is 3.33. The van der Waals surface area contributed by atoms with Gasteiger partial charge < -0.3 is 0 Å². The first kappa shape index (κ1) is 11.0. The molecule has 0 fully saturated rings. The van der Waals surface area contributed by atoms with Gasteiger partial charge in [-0.15, -0.1) is 0 Å². The second-order valence-corrected chi connectivity index (χ2v) is 5.49. The van der Waals surface area contributed by atoms with Gasteiger partial charge in [0.05, 0.1) is 17.2 Å². The van der Waals surface area contributed by atoms with Crippen LogP contribution in [0, 0.1) is 0 Å². The zero-order valence-corrected chi connectivity index (χ0v) is 11.6. The molecule has 2 aromatic heterocycles. The first-order chi connectivity index (χ1) is 10.3. The van der Waals surface area contributed by atoms with Crippen molar-refractivity contribution in [2.24, 2.45) is 0 Å². The molecule has 0 amide bonds. The van der Waals surface area contributed by atoms with E-state index in [0.29, 0.717) is 0 Å². The monoisotopic (exact) mass is 273 g/mol. The average Bonchev–Trinajstić information content (AvgIpc) is 3.02. The molecular formula is C17H13N4+. The minimum Gasteiger partial charge on any atom is -0.259 e. The van der Waals surface area contributed by atoms with Crippen LogP contribution in [0.1, 0.15) is 13.1 Å². The van der Waals surface area contributed by atoms with Crippen molar-refractivity contribution >= 4 is 21.8 Å². The molecule has 100 valence electrons. The molecule has 1 aliphatic rings. The maximum atomic E-state index is 4.84. The predicted molar refractivity (Wildman–Crippen MR) is 80.8 cm³/mol. The van der Waals surface area contributed by atoms with Crippen LogP contribution >= 0.6 is 0 Å². The minimum atomic E-state index is 0.226. The molecule has 4 aromatic rings. The Morgan fingerprint density at radius 3 is 2.81 bits per heavy atom. The van der Waals surface area contributed by atoms with Gasteiger partial charge in [0, 0.05) is 6.92 Å². The summed E-state index contributed by atoms with van der Waals surface area (Å²) < 4.78 is 4.50. The van der Waals surface area contributed by atoms with Gasteiger partial charge in [-0.1, -0.05) is 24.3 Å². The first-order valence-electron chi connectivity index (χ1n) is 7.09. The molecular weight excluding hydrogens is 260 g/mol. The molecule has 5 rings (SSSR count). The Balaban J connectivity index is 1.92. The summed E-state index contributed by atoms with van der Waals surface area (Å²) in [5, 5.41) is 2.48. The zero-order valence-electron chi connectivity index (χ0n) is 11.6. The number of aromatic nitrogens is 4. The van der Waals surface area contributed by atoms with E-state index in [9.17, 15) is 0 Å². The molecule has 4 nitrogen and oxygen atoms in total. The van der Waals surface area contributed by atoms with Crippen LogP contribution in [0.2, 0.25) is 0 Å². The molecule has 21 heavy (non-hydrogen) atoms. The largest absolute Gasteiger partial charge is 0.269 e. The fourth-order valence-electron chi connectivity index (χ4n) is 3.33. The highest BCUT2D eigenvalue weighted by molar-refractivity contribution is 5.96. The lowest BCUT2D eigenvalue weighted by Crippen LogP contribution is -2.38. The van der Waals surface area contributed by atoms with Gasteiger partial charge in [0.1, 0.15) is 6.20 Å². The second kappa shape index (κ2) is 3.67. The maximum absolute atomic E-state index is 4.84. The molecule has 3 heterocycles. The van der Waals surface area contributed by atoms with Crippen LogP contribution in [0.15, 0.2) is 55.0 Å². The van der Waals surface area contributed by atoms with Crippen molar-refractivity contribution in [3.8, 4) is 11.5 Å². The lowest BCUT2D eigenvalue weighted by molar-refractivity contribution is -0.706. The van der Waals surface area contributed by atoms with Crippen LogP contribution in [-0.2, 0) is 0 Å². The Hall–Kier alpha value is -2.75. The number of rotatable bonds is 0. The molecule has 0 saturated carbocycles. The van der Waals surface area contributed by atoms with Crippen molar-refractivity contribution in [3.63, 3.8) is 0 Å². The predicted octanol–water partition coefficient (Wildman–Crippen LogP) is 2.92. The molecule has 1 aliphatic heterocycles. The molecule has 1 atom stereocenters. The Morgan fingerprint density at radius 1 is 1.14 bits per heavy atom. The van der Waals surface area contributed by atoms with E-state index >= 15 is 0 Å². The quantitative estimate of drug-likeness (QED) is 0.462. The van der Waals surface area contributed by atoms with Gasteiger partial charge in [0.25, 0.3) is 5.69 Å². The Kier molecular flexibility index (Phi) is 1.91. The summed E-state index contributed by atoms with van der Waals surface area (Å²) >= 11 is 0. The van der Waals surface area contributed by atoms with Crippen molar-refractivity contribution < 1.29 is 4.57 Å². The highest BCUT2D eigenvalue weighted by Gasteiger charge is 2.35. The summed E-state index contributed by atoms with van der Waals surface area (Å²) in [6.07, 6.45) is 5.95. The zero-order chi connectivity index (χ0) is 14.0. The van der Waals surface area contributed by atoms with Gasteiger partial charge in [0.2, 0.25) is 12.0 Å². The Labute approximate surface area is 121 Å². The van der Waals surface area contributed by atoms with Gasteiger partial charge in [-0.2, -0.15) is 4.57 Å². The number of hydrogen-bond acceptors (Lipinski definition) is 2. The normalized spacial score (nSPS) is 16.3. The van der Waals surface area contributed by atoms with Crippen LogP contribution < -0.4 is 4.57 Å². The number of benzene rings is 2. The summed E-state index contributed by atoms with van der Waals surface area (Å²) in [5.41, 5.74) is 3.30. The van der Waals surface area contributed by atoms with E-state index < -0.39 is 0 Å². The first-order valence-corrected chi connectivity index (χ1v) is 7.09. The van der Waals surface area contributed by atoms with Crippen molar-refractivity contribution in [3.05, 3.63) is 55.0 Å². The molecule has 1 unspecified atom stereocenters. The second-order valence-electron chi connectivity index (χ2n) is 5.49. The minimum absolute atomic E-state index is 0.226. The lowest BCUT2D eigenvalue weighted by Gasteiger charge is -2.05. The summed E-state index contributed by atoms with van der Waals surface area (Å²) in [7, 11) is 0. The van der Waals surface area contributed by atoms with E-state index in [0.717, 1.165) is 17.0 Å². The highest BCUT2D eigenvalue weighted by atomic mass is 15.3. The van der Waals surface area contributed by atoms with E-state index in [2.05, 4.69) is 57.4 Å². The molecule has 0 saturated heterocycles. The molecule has 0 bridgehead atoms. The Morgan fingerprint density at radius 2 is 1.95 bits per heavy atom.